The molecular weight excluding hydrogens is 366 g/mol. The van der Waals surface area contributed by atoms with Crippen LogP contribution in [0.2, 0.25) is 0 Å². The average molecular weight is 396 g/mol. The van der Waals surface area contributed by atoms with Crippen molar-refractivity contribution < 1.29 is 4.79 Å². The highest BCUT2D eigenvalue weighted by atomic mass is 16.2. The number of nitrogens with zero attached hydrogens (tertiary/aromatic N) is 1. The van der Waals surface area contributed by atoms with Crippen LogP contribution in [0, 0.1) is 0 Å². The number of benzene rings is 3. The molecule has 152 valence electrons. The highest BCUT2D eigenvalue weighted by molar-refractivity contribution is 6.11. The Morgan fingerprint density at radius 1 is 0.967 bits per heavy atom. The molecule has 2 nitrogen and oxygen atoms in total. The topological polar surface area (TPSA) is 20.3 Å². The van der Waals surface area contributed by atoms with Gasteiger partial charge in [-0.05, 0) is 59.7 Å². The lowest BCUT2D eigenvalue weighted by molar-refractivity contribution is -0.117. The number of anilines is 1. The van der Waals surface area contributed by atoms with Crippen LogP contribution in [0.4, 0.5) is 5.69 Å². The zero-order chi connectivity index (χ0) is 20.7. The first-order valence-electron chi connectivity index (χ1n) is 11.3. The van der Waals surface area contributed by atoms with Gasteiger partial charge in [0.05, 0.1) is 11.2 Å². The second-order valence-electron chi connectivity index (χ2n) is 8.98. The van der Waals surface area contributed by atoms with E-state index in [-0.39, 0.29) is 11.4 Å². The van der Waals surface area contributed by atoms with Gasteiger partial charge < -0.3 is 4.90 Å². The lowest BCUT2D eigenvalue weighted by Crippen LogP contribution is -2.44. The molecule has 0 spiro atoms. The van der Waals surface area contributed by atoms with Crippen molar-refractivity contribution in [3.63, 3.8) is 0 Å². The summed E-state index contributed by atoms with van der Waals surface area (Å²) in [5, 5.41) is 2.43. The lowest BCUT2D eigenvalue weighted by atomic mass is 9.82. The summed E-state index contributed by atoms with van der Waals surface area (Å²) in [5.74, 6) is 0.232. The van der Waals surface area contributed by atoms with E-state index in [0.29, 0.717) is 6.42 Å². The number of fused-ring (bicyclic) bond motifs is 5. The largest absolute Gasteiger partial charge is 0.302 e. The quantitative estimate of drug-likeness (QED) is 0.430. The predicted octanol–water partition coefficient (Wildman–Crippen LogP) is 6.90. The Balaban J connectivity index is 1.65. The van der Waals surface area contributed by atoms with Crippen molar-refractivity contribution in [2.24, 2.45) is 0 Å². The summed E-state index contributed by atoms with van der Waals surface area (Å²) in [6.45, 7) is 4.45. The number of unbranched alkanes of at least 4 members (excludes halogenated alkanes) is 2. The maximum atomic E-state index is 12.8. The summed E-state index contributed by atoms with van der Waals surface area (Å²) in [4.78, 5) is 14.9. The van der Waals surface area contributed by atoms with Crippen LogP contribution in [0.1, 0.15) is 62.6 Å². The van der Waals surface area contributed by atoms with Gasteiger partial charge >= 0.3 is 0 Å². The van der Waals surface area contributed by atoms with E-state index in [2.05, 4.69) is 80.6 Å². The normalized spacial score (nSPS) is 20.3. The summed E-state index contributed by atoms with van der Waals surface area (Å²) in [6.07, 6.45) is 8.77. The van der Waals surface area contributed by atoms with Crippen molar-refractivity contribution in [3.8, 4) is 0 Å². The van der Waals surface area contributed by atoms with E-state index in [0.717, 1.165) is 18.5 Å². The lowest BCUT2D eigenvalue weighted by Gasteiger charge is -2.39. The summed E-state index contributed by atoms with van der Waals surface area (Å²) >= 11 is 0. The molecule has 0 saturated carbocycles. The van der Waals surface area contributed by atoms with Crippen molar-refractivity contribution in [1.82, 2.24) is 0 Å². The van der Waals surface area contributed by atoms with Crippen LogP contribution in [0.15, 0.2) is 66.7 Å². The van der Waals surface area contributed by atoms with Crippen LogP contribution in [0.3, 0.4) is 0 Å². The number of carbonyl (C=O) groups is 1. The van der Waals surface area contributed by atoms with Crippen LogP contribution < -0.4 is 4.90 Å². The molecule has 1 unspecified atom stereocenters. The fourth-order valence-electron chi connectivity index (χ4n) is 5.19. The number of hydrogen-bond acceptors (Lipinski definition) is 1. The summed E-state index contributed by atoms with van der Waals surface area (Å²) in [5.41, 5.74) is 5.91. The maximum Gasteiger partial charge on any atom is 0.227 e. The van der Waals surface area contributed by atoms with Crippen LogP contribution >= 0.6 is 0 Å². The van der Waals surface area contributed by atoms with Gasteiger partial charge in [-0.25, -0.2) is 0 Å². The van der Waals surface area contributed by atoms with Gasteiger partial charge in [0.25, 0.3) is 0 Å². The highest BCUT2D eigenvalue weighted by Gasteiger charge is 2.45. The van der Waals surface area contributed by atoms with Crippen LogP contribution in [-0.4, -0.2) is 11.4 Å². The Labute approximate surface area is 179 Å². The Morgan fingerprint density at radius 3 is 2.57 bits per heavy atom. The molecule has 1 fully saturated rings. The van der Waals surface area contributed by atoms with Crippen LogP contribution in [-0.2, 0) is 11.2 Å². The minimum Gasteiger partial charge on any atom is -0.302 e. The van der Waals surface area contributed by atoms with Crippen molar-refractivity contribution in [2.75, 3.05) is 4.90 Å². The van der Waals surface area contributed by atoms with Gasteiger partial charge in [-0.15, -0.1) is 0 Å². The molecule has 0 aliphatic carbocycles. The Hall–Kier alpha value is -2.87. The van der Waals surface area contributed by atoms with E-state index < -0.39 is 0 Å². The summed E-state index contributed by atoms with van der Waals surface area (Å²) in [6, 6.07) is 21.9. The Kier molecular flexibility index (Phi) is 4.73. The third-order valence-electron chi connectivity index (χ3n) is 6.81. The maximum absolute atomic E-state index is 12.8. The van der Waals surface area contributed by atoms with E-state index in [4.69, 9.17) is 0 Å². The van der Waals surface area contributed by atoms with Gasteiger partial charge in [0.2, 0.25) is 5.91 Å². The molecule has 1 saturated heterocycles. The molecule has 0 radical (unpaired) electrons. The van der Waals surface area contributed by atoms with E-state index >= 15 is 0 Å². The standard InChI is InChI=1S/C28H29NO/c1-3-4-5-8-20-11-13-22(14-12-20)24-19-28(2)18-17-26(30)29(28)25-16-15-21-9-6-7-10-23(21)27(24)25/h6-7,9-16,19H,3-5,8,17-18H2,1-2H3. The molecule has 30 heavy (non-hydrogen) atoms. The number of aryl methyl sites for hydroxylation is 1. The highest BCUT2D eigenvalue weighted by Crippen LogP contribution is 2.49. The molecule has 5 rings (SSSR count). The Morgan fingerprint density at radius 2 is 1.77 bits per heavy atom. The number of rotatable bonds is 5. The van der Waals surface area contributed by atoms with Gasteiger partial charge in [-0.1, -0.05) is 80.4 Å². The van der Waals surface area contributed by atoms with E-state index in [1.807, 2.05) is 4.90 Å². The smallest absolute Gasteiger partial charge is 0.227 e. The summed E-state index contributed by atoms with van der Waals surface area (Å²) in [7, 11) is 0. The molecule has 2 heteroatoms. The zero-order valence-electron chi connectivity index (χ0n) is 17.9. The number of hydrogen-bond donors (Lipinski definition) is 0. The fraction of sp³-hybridized carbons (Fsp3) is 0.321. The third kappa shape index (κ3) is 3.06. The van der Waals surface area contributed by atoms with Crippen molar-refractivity contribution in [2.45, 2.75) is 57.9 Å². The second-order valence-corrected chi connectivity index (χ2v) is 8.98. The molecule has 2 aliphatic rings. The number of carbonyl (C=O) groups excluding carboxylic acids is 1. The molecule has 0 N–H and O–H groups in total. The third-order valence-corrected chi connectivity index (χ3v) is 6.81. The monoisotopic (exact) mass is 395 g/mol. The second kappa shape index (κ2) is 7.43. The SMILES string of the molecule is CCCCCc1ccc(C2=CC3(C)CCC(=O)N3c3ccc4ccccc4c32)cc1. The molecule has 0 aromatic heterocycles. The molecule has 0 bridgehead atoms. The van der Waals surface area contributed by atoms with E-state index in [9.17, 15) is 4.79 Å². The van der Waals surface area contributed by atoms with E-state index in [1.54, 1.807) is 0 Å². The van der Waals surface area contributed by atoms with Crippen molar-refractivity contribution in [1.29, 1.82) is 0 Å². The first-order valence-corrected chi connectivity index (χ1v) is 11.3. The molecule has 2 aliphatic heterocycles. The van der Waals surface area contributed by atoms with Gasteiger partial charge in [-0.2, -0.15) is 0 Å². The van der Waals surface area contributed by atoms with E-state index in [1.165, 1.54) is 52.3 Å². The summed E-state index contributed by atoms with van der Waals surface area (Å²) < 4.78 is 0. The molecule has 2 heterocycles. The first kappa shape index (κ1) is 19.1. The molecular formula is C28H29NO. The molecule has 3 aromatic carbocycles. The van der Waals surface area contributed by atoms with Crippen LogP contribution in [0.5, 0.6) is 0 Å². The predicted molar refractivity (Wildman–Crippen MR) is 126 cm³/mol. The van der Waals surface area contributed by atoms with Gasteiger partial charge in [0.15, 0.2) is 0 Å². The van der Waals surface area contributed by atoms with Crippen LogP contribution in [0.25, 0.3) is 16.3 Å². The molecule has 1 atom stereocenters. The van der Waals surface area contributed by atoms with Gasteiger partial charge in [0, 0.05) is 12.0 Å². The fourth-order valence-corrected chi connectivity index (χ4v) is 5.19. The number of amides is 1. The average Bonchev–Trinajstić information content (AvgIpc) is 3.08. The molecule has 1 amide bonds. The van der Waals surface area contributed by atoms with Crippen molar-refractivity contribution >= 4 is 27.9 Å². The minimum atomic E-state index is -0.248. The van der Waals surface area contributed by atoms with Gasteiger partial charge in [-0.3, -0.25) is 4.79 Å². The zero-order valence-corrected chi connectivity index (χ0v) is 17.9. The van der Waals surface area contributed by atoms with Gasteiger partial charge in [0.1, 0.15) is 0 Å². The minimum absolute atomic E-state index is 0.232. The van der Waals surface area contributed by atoms with Crippen molar-refractivity contribution in [3.05, 3.63) is 83.4 Å². The Bertz CT molecular complexity index is 1140. The first-order chi connectivity index (χ1) is 14.6. The molecule has 3 aromatic rings.